The zero-order valence-corrected chi connectivity index (χ0v) is 19.0. The Hall–Kier alpha value is -3.36. The fraction of sp³-hybridized carbons (Fsp3) is 0.400. The normalized spacial score (nSPS) is 17.6. The number of carbonyl (C=O) groups excluding carboxylic acids is 2. The van der Waals surface area contributed by atoms with Crippen LogP contribution in [0.15, 0.2) is 47.5 Å². The van der Waals surface area contributed by atoms with Crippen molar-refractivity contribution in [2.24, 2.45) is 4.99 Å². The topological polar surface area (TPSA) is 71.0 Å². The van der Waals surface area contributed by atoms with Crippen molar-refractivity contribution in [3.05, 3.63) is 59.2 Å². The van der Waals surface area contributed by atoms with Crippen molar-refractivity contribution in [1.82, 2.24) is 4.90 Å². The second kappa shape index (κ2) is 9.12. The van der Waals surface area contributed by atoms with Crippen molar-refractivity contribution >= 4 is 23.2 Å². The van der Waals surface area contributed by atoms with E-state index in [4.69, 9.17) is 4.99 Å². The fourth-order valence-electron chi connectivity index (χ4n) is 4.64. The van der Waals surface area contributed by atoms with Crippen LogP contribution in [0.3, 0.4) is 0 Å². The average molecular weight is 473 g/mol. The van der Waals surface area contributed by atoms with Gasteiger partial charge in [0.2, 0.25) is 5.91 Å². The van der Waals surface area contributed by atoms with Gasteiger partial charge in [-0.1, -0.05) is 24.1 Å². The lowest BCUT2D eigenvalue weighted by Crippen LogP contribution is -2.51. The fourth-order valence-corrected chi connectivity index (χ4v) is 4.64. The number of alkyl halides is 3. The summed E-state index contributed by atoms with van der Waals surface area (Å²) in [6.45, 7) is 3.71. The maximum atomic E-state index is 13.4. The van der Waals surface area contributed by atoms with E-state index in [1.54, 1.807) is 0 Å². The quantitative estimate of drug-likeness (QED) is 0.654. The minimum Gasteiger partial charge on any atom is -0.406 e. The molecule has 0 radical (unpaired) electrons. The Labute approximate surface area is 195 Å². The first-order valence-electron chi connectivity index (χ1n) is 11.2. The molecule has 1 fully saturated rings. The van der Waals surface area contributed by atoms with Crippen LogP contribution in [-0.4, -0.2) is 41.0 Å². The van der Waals surface area contributed by atoms with E-state index < -0.39 is 17.9 Å². The van der Waals surface area contributed by atoms with Gasteiger partial charge in [0.25, 0.3) is 5.91 Å². The Bertz CT molecular complexity index is 1120. The highest BCUT2D eigenvalue weighted by Gasteiger charge is 2.48. The molecule has 2 amide bonds. The van der Waals surface area contributed by atoms with Gasteiger partial charge in [-0.25, -0.2) is 0 Å². The van der Waals surface area contributed by atoms with Gasteiger partial charge in [0, 0.05) is 11.3 Å². The Balaban J connectivity index is 1.56. The van der Waals surface area contributed by atoms with Crippen LogP contribution in [0.2, 0.25) is 0 Å². The molecule has 2 aromatic carbocycles. The summed E-state index contributed by atoms with van der Waals surface area (Å²) in [4.78, 5) is 32.6. The van der Waals surface area contributed by atoms with E-state index >= 15 is 0 Å². The Morgan fingerprint density at radius 2 is 1.76 bits per heavy atom. The number of nitrogens with one attached hydrogen (secondary N) is 1. The monoisotopic (exact) mass is 473 g/mol. The van der Waals surface area contributed by atoms with E-state index in [9.17, 15) is 22.8 Å². The predicted octanol–water partition coefficient (Wildman–Crippen LogP) is 5.13. The number of halogens is 3. The van der Waals surface area contributed by atoms with Crippen molar-refractivity contribution in [1.29, 1.82) is 0 Å². The number of rotatable bonds is 5. The average Bonchev–Trinajstić information content (AvgIpc) is 3.02. The summed E-state index contributed by atoms with van der Waals surface area (Å²) in [5.74, 6) is -1.10. The summed E-state index contributed by atoms with van der Waals surface area (Å²) in [6, 6.07) is 10.8. The molecule has 9 heteroatoms. The molecule has 0 aromatic heterocycles. The van der Waals surface area contributed by atoms with Gasteiger partial charge in [-0.3, -0.25) is 14.6 Å². The minimum atomic E-state index is -4.80. The molecule has 1 spiro atoms. The van der Waals surface area contributed by atoms with E-state index in [2.05, 4.69) is 10.1 Å². The van der Waals surface area contributed by atoms with Crippen LogP contribution in [0.25, 0.3) is 0 Å². The maximum absolute atomic E-state index is 13.4. The molecular weight excluding hydrogens is 447 g/mol. The smallest absolute Gasteiger partial charge is 0.406 e. The number of aryl methyl sites for hydroxylation is 2. The maximum Gasteiger partial charge on any atom is 0.573 e. The summed E-state index contributed by atoms with van der Waals surface area (Å²) >= 11 is 0. The summed E-state index contributed by atoms with van der Waals surface area (Å²) in [5.41, 5.74) is 2.41. The Morgan fingerprint density at radius 1 is 1.09 bits per heavy atom. The van der Waals surface area contributed by atoms with Crippen LogP contribution in [0.1, 0.15) is 48.8 Å². The van der Waals surface area contributed by atoms with E-state index in [0.717, 1.165) is 42.5 Å². The molecule has 2 aromatic rings. The lowest BCUT2D eigenvalue weighted by Gasteiger charge is -2.38. The largest absolute Gasteiger partial charge is 0.573 e. The van der Waals surface area contributed by atoms with Gasteiger partial charge < -0.3 is 15.0 Å². The number of ether oxygens (including phenoxy) is 1. The molecule has 1 saturated carbocycles. The number of amides is 2. The van der Waals surface area contributed by atoms with E-state index in [0.29, 0.717) is 24.1 Å². The predicted molar refractivity (Wildman–Crippen MR) is 122 cm³/mol. The molecule has 0 unspecified atom stereocenters. The van der Waals surface area contributed by atoms with Gasteiger partial charge in [0.15, 0.2) is 0 Å². The number of aliphatic imine (C=N–C) groups is 1. The van der Waals surface area contributed by atoms with Gasteiger partial charge in [-0.15, -0.1) is 13.2 Å². The molecule has 1 aliphatic carbocycles. The van der Waals surface area contributed by atoms with Gasteiger partial charge in [0.1, 0.15) is 23.7 Å². The molecule has 34 heavy (non-hydrogen) atoms. The van der Waals surface area contributed by atoms with Crippen LogP contribution < -0.4 is 10.1 Å². The van der Waals surface area contributed by atoms with Crippen LogP contribution in [0, 0.1) is 13.8 Å². The zero-order chi connectivity index (χ0) is 24.5. The van der Waals surface area contributed by atoms with Crippen molar-refractivity contribution in [2.45, 2.75) is 58.0 Å². The van der Waals surface area contributed by atoms with Crippen LogP contribution in [0.4, 0.5) is 18.9 Å². The number of hydrogen-bond donors (Lipinski definition) is 1. The molecule has 2 aliphatic rings. The highest BCUT2D eigenvalue weighted by atomic mass is 19.4. The van der Waals surface area contributed by atoms with Gasteiger partial charge in [-0.05, 0) is 75.4 Å². The van der Waals surface area contributed by atoms with E-state index in [-0.39, 0.29) is 23.9 Å². The third-order valence-electron chi connectivity index (χ3n) is 6.24. The Morgan fingerprint density at radius 3 is 2.38 bits per heavy atom. The second-order valence-electron chi connectivity index (χ2n) is 8.83. The molecule has 0 saturated heterocycles. The molecule has 0 bridgehead atoms. The summed E-state index contributed by atoms with van der Waals surface area (Å²) in [6.07, 6.45) is -0.765. The van der Waals surface area contributed by atoms with Crippen LogP contribution >= 0.6 is 0 Å². The standard InChI is InChI=1S/C25H26F3N3O3/c1-16-6-11-20(17(2)14-16)29-21(32)15-31-23(33)22(30-24(31)12-4-3-5-13-24)18-7-9-19(10-8-18)34-25(26,27)28/h6-11,14H,3-5,12-13,15H2,1-2H3,(H,29,32). The van der Waals surface area contributed by atoms with Crippen molar-refractivity contribution in [2.75, 3.05) is 11.9 Å². The van der Waals surface area contributed by atoms with Gasteiger partial charge >= 0.3 is 6.36 Å². The lowest BCUT2D eigenvalue weighted by atomic mass is 9.88. The van der Waals surface area contributed by atoms with E-state index in [1.165, 1.54) is 17.0 Å². The first kappa shape index (κ1) is 23.8. The van der Waals surface area contributed by atoms with Crippen molar-refractivity contribution < 1.29 is 27.5 Å². The third-order valence-corrected chi connectivity index (χ3v) is 6.24. The van der Waals surface area contributed by atoms with Crippen molar-refractivity contribution in [3.8, 4) is 5.75 Å². The number of carbonyl (C=O) groups is 2. The first-order valence-corrected chi connectivity index (χ1v) is 11.2. The Kier molecular flexibility index (Phi) is 6.38. The number of hydrogen-bond acceptors (Lipinski definition) is 4. The van der Waals surface area contributed by atoms with Gasteiger partial charge in [-0.2, -0.15) is 0 Å². The second-order valence-corrected chi connectivity index (χ2v) is 8.83. The lowest BCUT2D eigenvalue weighted by molar-refractivity contribution is -0.274. The number of nitrogens with zero attached hydrogens (tertiary/aromatic N) is 2. The number of benzene rings is 2. The van der Waals surface area contributed by atoms with E-state index in [1.807, 2.05) is 32.0 Å². The molecule has 6 nitrogen and oxygen atoms in total. The summed E-state index contributed by atoms with van der Waals surface area (Å²) in [5, 5.41) is 2.88. The highest BCUT2D eigenvalue weighted by Crippen LogP contribution is 2.39. The molecule has 180 valence electrons. The molecule has 1 aliphatic heterocycles. The van der Waals surface area contributed by atoms with Crippen molar-refractivity contribution in [3.63, 3.8) is 0 Å². The molecule has 1 heterocycles. The van der Waals surface area contributed by atoms with Crippen LogP contribution in [-0.2, 0) is 9.59 Å². The SMILES string of the molecule is Cc1ccc(NC(=O)CN2C(=O)C(c3ccc(OC(F)(F)F)cc3)=NC23CCCCC3)c(C)c1. The summed E-state index contributed by atoms with van der Waals surface area (Å²) < 4.78 is 41.3. The summed E-state index contributed by atoms with van der Waals surface area (Å²) in [7, 11) is 0. The van der Waals surface area contributed by atoms with Gasteiger partial charge in [0.05, 0.1) is 0 Å². The molecule has 0 atom stereocenters. The van der Waals surface area contributed by atoms with Crippen LogP contribution in [0.5, 0.6) is 5.75 Å². The third kappa shape index (κ3) is 5.08. The highest BCUT2D eigenvalue weighted by molar-refractivity contribution is 6.47. The minimum absolute atomic E-state index is 0.153. The molecular formula is C25H26F3N3O3. The molecule has 1 N–H and O–H groups in total. The number of anilines is 1. The first-order chi connectivity index (χ1) is 16.1. The molecule has 4 rings (SSSR count). The zero-order valence-electron chi connectivity index (χ0n) is 19.0.